The Hall–Kier alpha value is -3.51. The first-order valence-corrected chi connectivity index (χ1v) is 10.2. The van der Waals surface area contributed by atoms with Gasteiger partial charge in [0.25, 0.3) is 0 Å². The second-order valence-electron chi connectivity index (χ2n) is 7.64. The Morgan fingerprint density at radius 1 is 0.967 bits per heavy atom. The standard InChI is InChI=1S/C24H22N4O2/c1-29-16-3-5-17-19-6-7-25-23(19)24(27-22(17)13-16)20-14-26-21-12-15(2-4-18(20)21)28-8-10-30-11-9-28/h2-7,12-14,25-26H,8-11H2,1H3. The number of hydrogen-bond acceptors (Lipinski definition) is 4. The summed E-state index contributed by atoms with van der Waals surface area (Å²) in [7, 11) is 1.68. The van der Waals surface area contributed by atoms with E-state index in [1.54, 1.807) is 7.11 Å². The van der Waals surface area contributed by atoms with Crippen LogP contribution in [0, 0.1) is 0 Å². The maximum absolute atomic E-state index is 5.49. The van der Waals surface area contributed by atoms with E-state index < -0.39 is 0 Å². The first-order valence-electron chi connectivity index (χ1n) is 10.2. The molecule has 1 aliphatic rings. The fraction of sp³-hybridized carbons (Fsp3) is 0.208. The van der Waals surface area contributed by atoms with Gasteiger partial charge in [-0.05, 0) is 30.3 Å². The van der Waals surface area contributed by atoms with E-state index >= 15 is 0 Å². The minimum absolute atomic E-state index is 0.781. The molecule has 0 unspecified atom stereocenters. The molecule has 1 aliphatic heterocycles. The molecule has 6 rings (SSSR count). The lowest BCUT2D eigenvalue weighted by atomic mass is 10.0. The number of nitrogens with zero attached hydrogens (tertiary/aromatic N) is 2. The summed E-state index contributed by atoms with van der Waals surface area (Å²) in [6.45, 7) is 3.42. The van der Waals surface area contributed by atoms with E-state index in [0.29, 0.717) is 0 Å². The Balaban J connectivity index is 1.53. The van der Waals surface area contributed by atoms with Gasteiger partial charge in [-0.15, -0.1) is 0 Å². The van der Waals surface area contributed by atoms with Gasteiger partial charge >= 0.3 is 0 Å². The molecule has 3 aromatic heterocycles. The molecule has 0 radical (unpaired) electrons. The van der Waals surface area contributed by atoms with Gasteiger partial charge in [0.2, 0.25) is 0 Å². The van der Waals surface area contributed by atoms with Crippen molar-refractivity contribution in [2.24, 2.45) is 0 Å². The molecular weight excluding hydrogens is 376 g/mol. The van der Waals surface area contributed by atoms with Crippen molar-refractivity contribution in [3.8, 4) is 17.0 Å². The van der Waals surface area contributed by atoms with Crippen LogP contribution in [0.1, 0.15) is 0 Å². The van der Waals surface area contributed by atoms with E-state index in [-0.39, 0.29) is 0 Å². The molecule has 0 amide bonds. The van der Waals surface area contributed by atoms with Crippen molar-refractivity contribution in [3.63, 3.8) is 0 Å². The maximum atomic E-state index is 5.49. The van der Waals surface area contributed by atoms with Gasteiger partial charge in [-0.25, -0.2) is 4.98 Å². The Kier molecular flexibility index (Phi) is 3.92. The van der Waals surface area contributed by atoms with E-state index in [4.69, 9.17) is 14.5 Å². The first-order chi connectivity index (χ1) is 14.8. The second-order valence-corrected chi connectivity index (χ2v) is 7.64. The normalized spacial score (nSPS) is 14.8. The molecule has 6 nitrogen and oxygen atoms in total. The van der Waals surface area contributed by atoms with Gasteiger partial charge < -0.3 is 24.3 Å². The van der Waals surface area contributed by atoms with Gasteiger partial charge in [-0.3, -0.25) is 0 Å². The Bertz CT molecular complexity index is 1380. The van der Waals surface area contributed by atoms with Crippen LogP contribution in [0.4, 0.5) is 5.69 Å². The van der Waals surface area contributed by atoms with Crippen LogP contribution >= 0.6 is 0 Å². The lowest BCUT2D eigenvalue weighted by Gasteiger charge is -2.28. The quantitative estimate of drug-likeness (QED) is 0.462. The number of rotatable bonds is 3. The number of morpholine rings is 1. The summed E-state index contributed by atoms with van der Waals surface area (Å²) in [5.74, 6) is 0.810. The van der Waals surface area contributed by atoms with Crippen LogP contribution in [0.5, 0.6) is 5.75 Å². The number of anilines is 1. The molecule has 2 N–H and O–H groups in total. The number of aromatic amines is 2. The molecule has 2 aromatic carbocycles. The van der Waals surface area contributed by atoms with Crippen molar-refractivity contribution in [3.05, 3.63) is 54.9 Å². The highest BCUT2D eigenvalue weighted by Gasteiger charge is 2.17. The monoisotopic (exact) mass is 398 g/mol. The molecule has 6 heteroatoms. The van der Waals surface area contributed by atoms with Crippen LogP contribution in [0.2, 0.25) is 0 Å². The molecule has 1 saturated heterocycles. The molecule has 1 fully saturated rings. The lowest BCUT2D eigenvalue weighted by Crippen LogP contribution is -2.36. The molecule has 0 bridgehead atoms. The van der Waals surface area contributed by atoms with Crippen LogP contribution < -0.4 is 9.64 Å². The predicted octanol–water partition coefficient (Wildman–Crippen LogP) is 4.71. The van der Waals surface area contributed by atoms with Crippen molar-refractivity contribution in [1.29, 1.82) is 0 Å². The number of H-pyrrole nitrogens is 2. The number of fused-ring (bicyclic) bond motifs is 4. The molecule has 150 valence electrons. The summed E-state index contributed by atoms with van der Waals surface area (Å²) in [6.07, 6.45) is 4.03. The van der Waals surface area contributed by atoms with Crippen molar-refractivity contribution in [1.82, 2.24) is 15.0 Å². The third-order valence-electron chi connectivity index (χ3n) is 6.01. The summed E-state index contributed by atoms with van der Waals surface area (Å²) in [6, 6.07) is 14.8. The highest BCUT2D eigenvalue weighted by atomic mass is 16.5. The zero-order chi connectivity index (χ0) is 20.1. The fourth-order valence-electron chi connectivity index (χ4n) is 4.45. The minimum Gasteiger partial charge on any atom is -0.497 e. The zero-order valence-electron chi connectivity index (χ0n) is 16.7. The molecule has 0 saturated carbocycles. The largest absolute Gasteiger partial charge is 0.497 e. The number of pyridine rings is 1. The number of methoxy groups -OCH3 is 1. The summed E-state index contributed by atoms with van der Waals surface area (Å²) in [4.78, 5) is 14.3. The van der Waals surface area contributed by atoms with Crippen LogP contribution in [0.15, 0.2) is 54.9 Å². The maximum Gasteiger partial charge on any atom is 0.121 e. The number of ether oxygens (including phenoxy) is 2. The average Bonchev–Trinajstić information content (AvgIpc) is 3.46. The number of nitrogens with one attached hydrogen (secondary N) is 2. The summed E-state index contributed by atoms with van der Waals surface area (Å²) >= 11 is 0. The average molecular weight is 398 g/mol. The molecule has 30 heavy (non-hydrogen) atoms. The number of hydrogen-bond donors (Lipinski definition) is 2. The van der Waals surface area contributed by atoms with E-state index in [9.17, 15) is 0 Å². The topological polar surface area (TPSA) is 66.2 Å². The molecule has 5 aromatic rings. The molecule has 4 heterocycles. The van der Waals surface area contributed by atoms with Crippen LogP contribution in [-0.4, -0.2) is 48.4 Å². The molecular formula is C24H22N4O2. The Morgan fingerprint density at radius 3 is 2.70 bits per heavy atom. The highest BCUT2D eigenvalue weighted by Crippen LogP contribution is 2.37. The van der Waals surface area contributed by atoms with Crippen molar-refractivity contribution < 1.29 is 9.47 Å². The molecule has 0 aliphatic carbocycles. The minimum atomic E-state index is 0.781. The third kappa shape index (κ3) is 2.64. The third-order valence-corrected chi connectivity index (χ3v) is 6.01. The SMILES string of the molecule is COc1ccc2c(c1)nc(-c1c[nH]c3cc(N4CCOCC4)ccc13)c1[nH]ccc12. The second kappa shape index (κ2) is 6.78. The predicted molar refractivity (Wildman–Crippen MR) is 120 cm³/mol. The van der Waals surface area contributed by atoms with Crippen molar-refractivity contribution in [2.45, 2.75) is 0 Å². The van der Waals surface area contributed by atoms with Gasteiger partial charge in [0.1, 0.15) is 5.75 Å². The summed E-state index contributed by atoms with van der Waals surface area (Å²) in [5, 5.41) is 3.44. The van der Waals surface area contributed by atoms with Crippen LogP contribution in [0.3, 0.4) is 0 Å². The van der Waals surface area contributed by atoms with Gasteiger partial charge in [0.05, 0.1) is 37.1 Å². The number of benzene rings is 2. The Labute approximate surface area is 173 Å². The lowest BCUT2D eigenvalue weighted by molar-refractivity contribution is 0.122. The van der Waals surface area contributed by atoms with Gasteiger partial charge in [-0.1, -0.05) is 6.07 Å². The summed E-state index contributed by atoms with van der Waals surface area (Å²) < 4.78 is 10.9. The van der Waals surface area contributed by atoms with Gasteiger partial charge in [0, 0.05) is 64.5 Å². The van der Waals surface area contributed by atoms with Gasteiger partial charge in [-0.2, -0.15) is 0 Å². The smallest absolute Gasteiger partial charge is 0.121 e. The van der Waals surface area contributed by atoms with Crippen LogP contribution in [-0.2, 0) is 4.74 Å². The van der Waals surface area contributed by atoms with Crippen LogP contribution in [0.25, 0.3) is 44.0 Å². The Morgan fingerprint density at radius 2 is 1.83 bits per heavy atom. The van der Waals surface area contributed by atoms with Gasteiger partial charge in [0.15, 0.2) is 0 Å². The highest BCUT2D eigenvalue weighted by molar-refractivity contribution is 6.12. The van der Waals surface area contributed by atoms with Crippen molar-refractivity contribution in [2.75, 3.05) is 38.3 Å². The molecule has 0 atom stereocenters. The van der Waals surface area contributed by atoms with Crippen molar-refractivity contribution >= 4 is 38.4 Å². The van der Waals surface area contributed by atoms with E-state index in [2.05, 4.69) is 51.4 Å². The molecule has 0 spiro atoms. The van der Waals surface area contributed by atoms with E-state index in [1.807, 2.05) is 18.3 Å². The van der Waals surface area contributed by atoms with E-state index in [0.717, 1.165) is 76.0 Å². The first kappa shape index (κ1) is 17.4. The van der Waals surface area contributed by atoms with E-state index in [1.165, 1.54) is 5.69 Å². The zero-order valence-corrected chi connectivity index (χ0v) is 16.7. The number of aromatic nitrogens is 3. The fourth-order valence-corrected chi connectivity index (χ4v) is 4.45. The summed E-state index contributed by atoms with van der Waals surface area (Å²) in [5.41, 5.74) is 6.35.